The maximum atomic E-state index is 15.0. The minimum Gasteiger partial charge on any atom is -0.370 e. The summed E-state index contributed by atoms with van der Waals surface area (Å²) in [5, 5.41) is 44.7. The van der Waals surface area contributed by atoms with E-state index in [0.717, 1.165) is 0 Å². The second-order valence-corrected chi connectivity index (χ2v) is 41.1. The van der Waals surface area contributed by atoms with E-state index in [4.69, 9.17) is 57.4 Å². The van der Waals surface area contributed by atoms with Gasteiger partial charge in [-0.2, -0.15) is 0 Å². The third-order valence-corrected chi connectivity index (χ3v) is 23.5. The van der Waals surface area contributed by atoms with Crippen molar-refractivity contribution in [2.24, 2.45) is 110 Å². The lowest BCUT2D eigenvalue weighted by molar-refractivity contribution is -0.137. The zero-order valence-corrected chi connectivity index (χ0v) is 88.9. The first-order valence-corrected chi connectivity index (χ1v) is 52.3. The second-order valence-electron chi connectivity index (χ2n) is 41.1. The molecule has 45 nitrogen and oxygen atoms in total. The highest BCUT2D eigenvalue weighted by Gasteiger charge is 2.40. The van der Waals surface area contributed by atoms with Gasteiger partial charge in [0.1, 0.15) is 84.6 Å². The van der Waals surface area contributed by atoms with E-state index in [-0.39, 0.29) is 201 Å². The number of carbonyl (C=O) groups excluding carboxylic acids is 17. The van der Waals surface area contributed by atoms with Gasteiger partial charge in [-0.3, -0.25) is 91.9 Å². The van der Waals surface area contributed by atoms with Crippen molar-refractivity contribution < 1.29 is 81.5 Å². The van der Waals surface area contributed by atoms with Crippen LogP contribution in [0.2, 0.25) is 0 Å². The summed E-state index contributed by atoms with van der Waals surface area (Å²) in [4.78, 5) is 248. The fraction of sp³-hybridized carbons (Fsp3) is 0.816. The molecule has 0 spiro atoms. The zero-order chi connectivity index (χ0) is 108. The highest BCUT2D eigenvalue weighted by molar-refractivity contribution is 6.01. The number of nitrogens with zero attached hydrogens (tertiary/aromatic N) is 1. The number of amides is 17. The van der Waals surface area contributed by atoms with Gasteiger partial charge in [0.15, 0.2) is 5.96 Å². The van der Waals surface area contributed by atoms with Gasteiger partial charge in [0, 0.05) is 19.5 Å². The van der Waals surface area contributed by atoms with E-state index in [9.17, 15) is 71.9 Å². The van der Waals surface area contributed by atoms with Crippen LogP contribution in [0, 0.1) is 47.3 Å². The second kappa shape index (κ2) is 76.5. The summed E-state index contributed by atoms with van der Waals surface area (Å²) in [6, 6.07) is -18.9. The summed E-state index contributed by atoms with van der Waals surface area (Å²) < 4.78 is 0. The number of guanidine groups is 1. The molecule has 0 saturated heterocycles. The Morgan fingerprint density at radius 1 is 0.224 bits per heavy atom. The predicted molar refractivity (Wildman–Crippen MR) is 555 cm³/mol. The summed E-state index contributed by atoms with van der Waals surface area (Å²) in [5.74, 6) is -8.60. The number of nitrogens with two attached hydrogens (primary N) is 10. The van der Waals surface area contributed by atoms with Gasteiger partial charge in [0.25, 0.3) is 0 Å². The minimum atomic E-state index is -1.39. The number of hydrazine groups is 1. The van der Waals surface area contributed by atoms with Crippen LogP contribution in [0.1, 0.15) is 316 Å². The maximum absolute atomic E-state index is 15.0. The van der Waals surface area contributed by atoms with Gasteiger partial charge in [-0.05, 0) is 279 Å². The van der Waals surface area contributed by atoms with Crippen LogP contribution in [0.25, 0.3) is 0 Å². The lowest BCUT2D eigenvalue weighted by Gasteiger charge is -2.30. The molecular weight excluding hydrogens is 1840 g/mol. The highest BCUT2D eigenvalue weighted by Crippen LogP contribution is 2.20. The molecule has 17 amide bonds. The van der Waals surface area contributed by atoms with E-state index in [1.54, 1.807) is 27.7 Å². The van der Waals surface area contributed by atoms with Gasteiger partial charge in [-0.25, -0.2) is 5.84 Å². The van der Waals surface area contributed by atoms with Gasteiger partial charge in [-0.1, -0.05) is 117 Å². The molecule has 0 aliphatic heterocycles. The molecule has 0 fully saturated rings. The standard InChI is InChI=1S/C98H190N28O17/c1-58(2)49-66(105)83(129)112-68(34-20-26-42-100)85(131)114-70(36-22-28-44-102)87(133)120-78(54-63(11)12)95(141)124-76(52-61(7)8)93(139)117-72(38-24-30-46-104)89(135)122-80(56-65(15)16)97(143)123-75(51-60(5)6)92(138)116-69(35-21-27-43-101)86(132)115-71(37-23-29-45-103)88(134)121-79(55-64(13)14)96(142)125-77(53-62(9)10)94(140)118-73(39-32-48-110-98(106)107)90(136)119-74(50-59(3)4)91(137)113-67(33-19-25-41-99)84(130)111-57-82(128)109-47-31-17-18-40-81(127)126-108/h58-80H,17-57,99-105,108H2,1-16H3,(H,109,128)(H,111,130)(H,112,129)(H,113,137)(H,114,131)(H,115,132)(H,116,138)(H,117,139)(H,118,140)(H,119,136)(H,120,133)(H,121,134)(H,122,135)(H,123,143)(H,124,141)(H,125,142)(H,126,127)(H4,106,107,110)/t66-,67-,68-,69-,70-,71-,72-,73-,74-,75-,76-,77-,78-,79-,80-/m0/s1. The van der Waals surface area contributed by atoms with Crippen molar-refractivity contribution in [3.8, 4) is 0 Å². The first-order chi connectivity index (χ1) is 67.5. The SMILES string of the molecule is CC(C)C[C@H](NC(=O)[C@H](CCCN=C(N)N)NC(=O)[C@H](CC(C)C)NC(=O)[C@H](CC(C)C)NC(=O)[C@H](CCCCN)NC(=O)[C@H](CCCCN)NC(=O)[C@H](CC(C)C)NC(=O)[C@H](CC(C)C)NC(=O)[C@H](CCCCN)NC(=O)[C@H](CC(C)C)NC(=O)[C@H](CC(C)C)NC(=O)[C@H](CCCCN)NC(=O)[C@H](CCCCN)NC(=O)[C@@H](N)CC(C)C)C(=O)N[C@@H](CCCCN)C(=O)NCC(=O)NCCCCCC(=O)NN. The van der Waals surface area contributed by atoms with E-state index >= 15 is 9.59 Å². The Balaban J connectivity index is 7.51. The quantitative estimate of drug-likeness (QED) is 0.00874. The van der Waals surface area contributed by atoms with Gasteiger partial charge >= 0.3 is 0 Å². The average molecular weight is 2030 g/mol. The highest BCUT2D eigenvalue weighted by atomic mass is 16.2. The molecule has 0 heterocycles. The van der Waals surface area contributed by atoms with E-state index in [2.05, 4.69) is 95.5 Å². The lowest BCUT2D eigenvalue weighted by atomic mass is 9.98. The van der Waals surface area contributed by atoms with Crippen molar-refractivity contribution in [3.05, 3.63) is 0 Å². The molecule has 824 valence electrons. The van der Waals surface area contributed by atoms with Crippen molar-refractivity contribution in [3.63, 3.8) is 0 Å². The smallest absolute Gasteiger partial charge is 0.243 e. The number of unbranched alkanes of at least 4 members (excludes halogenated alkanes) is 8. The van der Waals surface area contributed by atoms with Crippen LogP contribution in [0.5, 0.6) is 0 Å². The van der Waals surface area contributed by atoms with Crippen LogP contribution in [-0.4, -0.2) is 256 Å². The van der Waals surface area contributed by atoms with Crippen LogP contribution in [0.15, 0.2) is 4.99 Å². The number of aliphatic imine (C=N–C) groups is 1. The molecule has 0 aromatic rings. The molecule has 143 heavy (non-hydrogen) atoms. The Morgan fingerprint density at radius 2 is 0.427 bits per heavy atom. The predicted octanol–water partition coefficient (Wildman–Crippen LogP) is -0.920. The summed E-state index contributed by atoms with van der Waals surface area (Å²) in [5.41, 5.74) is 55.0. The van der Waals surface area contributed by atoms with Crippen molar-refractivity contribution in [2.75, 3.05) is 58.9 Å². The molecule has 0 rings (SSSR count). The monoisotopic (exact) mass is 2030 g/mol. The van der Waals surface area contributed by atoms with E-state index in [0.29, 0.717) is 116 Å². The van der Waals surface area contributed by atoms with Gasteiger partial charge in [0.05, 0.1) is 12.6 Å². The lowest BCUT2D eigenvalue weighted by Crippen LogP contribution is -2.61. The first-order valence-electron chi connectivity index (χ1n) is 52.3. The molecule has 0 saturated carbocycles. The average Bonchev–Trinajstić information content (AvgIpc) is 0.842. The van der Waals surface area contributed by atoms with Crippen LogP contribution < -0.4 is 148 Å². The van der Waals surface area contributed by atoms with Gasteiger partial charge in [-0.15, -0.1) is 0 Å². The molecule has 0 radical (unpaired) electrons. The minimum absolute atomic E-state index is 0.00253. The molecule has 0 aliphatic carbocycles. The number of carbonyl (C=O) groups is 17. The van der Waals surface area contributed by atoms with Gasteiger partial charge < -0.3 is 137 Å². The van der Waals surface area contributed by atoms with Gasteiger partial charge in [0.2, 0.25) is 100 Å². The normalized spacial score (nSPS) is 14.7. The van der Waals surface area contributed by atoms with E-state index < -0.39 is 192 Å². The summed E-state index contributed by atoms with van der Waals surface area (Å²) >= 11 is 0. The van der Waals surface area contributed by atoms with Crippen molar-refractivity contribution in [2.45, 2.75) is 407 Å². The van der Waals surface area contributed by atoms with Crippen molar-refractivity contribution in [1.29, 1.82) is 0 Å². The zero-order valence-electron chi connectivity index (χ0n) is 88.9. The van der Waals surface area contributed by atoms with Crippen molar-refractivity contribution in [1.82, 2.24) is 90.5 Å². The van der Waals surface area contributed by atoms with E-state index in [1.165, 1.54) is 0 Å². The molecule has 45 heteroatoms. The Morgan fingerprint density at radius 3 is 0.636 bits per heavy atom. The molecular formula is C98H190N28O17. The molecule has 37 N–H and O–H groups in total. The Labute approximate surface area is 849 Å². The third kappa shape index (κ3) is 61.1. The largest absolute Gasteiger partial charge is 0.370 e. The molecule has 0 unspecified atom stereocenters. The van der Waals surface area contributed by atoms with Crippen LogP contribution >= 0.6 is 0 Å². The van der Waals surface area contributed by atoms with Crippen LogP contribution in [-0.2, 0) is 81.5 Å². The Bertz CT molecular complexity index is 3820. The number of hydrogen-bond acceptors (Lipinski definition) is 26. The summed E-state index contributed by atoms with van der Waals surface area (Å²) in [7, 11) is 0. The van der Waals surface area contributed by atoms with Crippen molar-refractivity contribution >= 4 is 106 Å². The maximum Gasteiger partial charge on any atom is 0.243 e. The topological polar surface area (TPSA) is 767 Å². The Kier molecular flexibility index (Phi) is 71.1. The fourth-order valence-corrected chi connectivity index (χ4v) is 15.9. The van der Waals surface area contributed by atoms with Crippen LogP contribution in [0.3, 0.4) is 0 Å². The summed E-state index contributed by atoms with van der Waals surface area (Å²) in [6.45, 7) is 30.7. The van der Waals surface area contributed by atoms with Crippen LogP contribution in [0.4, 0.5) is 0 Å². The summed E-state index contributed by atoms with van der Waals surface area (Å²) in [6.07, 6.45) is 8.17. The fourth-order valence-electron chi connectivity index (χ4n) is 15.9. The number of rotatable bonds is 81. The Hall–Kier alpha value is -10.1. The number of hydrogen-bond donors (Lipinski definition) is 27. The first kappa shape index (κ1) is 133. The number of nitrogens with one attached hydrogen (secondary N) is 17. The molecule has 15 atom stereocenters. The third-order valence-electron chi connectivity index (χ3n) is 23.5. The van der Waals surface area contributed by atoms with E-state index in [1.807, 2.05) is 83.1 Å². The molecule has 0 aromatic carbocycles. The molecule has 0 aromatic heterocycles. The molecule has 0 bridgehead atoms. The molecule has 0 aliphatic rings.